The molecule has 166 valence electrons. The third-order valence-electron chi connectivity index (χ3n) is 4.91. The second-order valence-electron chi connectivity index (χ2n) is 8.49. The van der Waals surface area contributed by atoms with Gasteiger partial charge < -0.3 is 22.8 Å². The molecule has 30 heavy (non-hydrogen) atoms. The Morgan fingerprint density at radius 1 is 1.03 bits per heavy atom. The normalized spacial score (nSPS) is 18.6. The number of carbonyl (C=O) groups excluding carboxylic acids is 3. The van der Waals surface area contributed by atoms with Crippen molar-refractivity contribution in [3.05, 3.63) is 29.3 Å². The van der Waals surface area contributed by atoms with Crippen molar-refractivity contribution in [1.29, 1.82) is 0 Å². The fourth-order valence-electron chi connectivity index (χ4n) is 2.99. The van der Waals surface area contributed by atoms with E-state index in [1.165, 1.54) is 20.8 Å². The molecule has 0 radical (unpaired) electrons. The molecule has 9 heteroatoms. The van der Waals surface area contributed by atoms with Gasteiger partial charge in [0.25, 0.3) is 17.9 Å². The summed E-state index contributed by atoms with van der Waals surface area (Å²) < 4.78 is 27.8. The van der Waals surface area contributed by atoms with E-state index >= 15 is 0 Å². The molecule has 0 saturated carbocycles. The quantitative estimate of drug-likeness (QED) is 0.622. The summed E-state index contributed by atoms with van der Waals surface area (Å²) in [5.41, 5.74) is 1.55. The molecule has 1 heterocycles. The lowest BCUT2D eigenvalue weighted by Gasteiger charge is -2.44. The van der Waals surface area contributed by atoms with Crippen LogP contribution in [0.25, 0.3) is 0 Å². The molecule has 1 aromatic rings. The lowest BCUT2D eigenvalue weighted by molar-refractivity contribution is -0.249. The Kier molecular flexibility index (Phi) is 6.98. The van der Waals surface area contributed by atoms with Crippen LogP contribution < -0.4 is 4.74 Å². The maximum atomic E-state index is 11.6. The molecule has 0 bridgehead atoms. The highest BCUT2D eigenvalue weighted by molar-refractivity contribution is 6.65. The van der Waals surface area contributed by atoms with E-state index in [1.807, 2.05) is 25.1 Å². The van der Waals surface area contributed by atoms with E-state index in [2.05, 4.69) is 20.8 Å². The third kappa shape index (κ3) is 5.82. The average Bonchev–Trinajstić information content (AvgIpc) is 2.57. The largest absolute Gasteiger partial charge is 0.705 e. The van der Waals surface area contributed by atoms with Crippen LogP contribution >= 0.6 is 0 Å². The fraction of sp³-hybridized carbons (Fsp3) is 0.571. The van der Waals surface area contributed by atoms with Crippen LogP contribution in [0.15, 0.2) is 18.2 Å². The summed E-state index contributed by atoms with van der Waals surface area (Å²) in [6, 6.07) is 5.74. The fourth-order valence-corrected chi connectivity index (χ4v) is 5.33. The Bertz CT molecular complexity index is 788. The SMILES string of the molecule is CC(=O)O[Si](CCc1ccc2c(c1)COC(C)(C(C)(C)C)O2)(OC(C)=O)OC(C)=O. The van der Waals surface area contributed by atoms with Crippen LogP contribution in [0.1, 0.15) is 59.6 Å². The molecule has 1 unspecified atom stereocenters. The predicted molar refractivity (Wildman–Crippen MR) is 109 cm³/mol. The maximum Gasteiger partial charge on any atom is 0.705 e. The first kappa shape index (κ1) is 23.9. The van der Waals surface area contributed by atoms with Gasteiger partial charge in [0, 0.05) is 38.7 Å². The van der Waals surface area contributed by atoms with Crippen molar-refractivity contribution in [2.75, 3.05) is 0 Å². The zero-order valence-electron chi connectivity index (χ0n) is 18.6. The monoisotopic (exact) mass is 438 g/mol. The van der Waals surface area contributed by atoms with Crippen molar-refractivity contribution in [1.82, 2.24) is 0 Å². The van der Waals surface area contributed by atoms with Gasteiger partial charge in [0.15, 0.2) is 0 Å². The van der Waals surface area contributed by atoms with E-state index < -0.39 is 32.5 Å². The first-order valence-electron chi connectivity index (χ1n) is 9.79. The van der Waals surface area contributed by atoms with Gasteiger partial charge in [0.1, 0.15) is 5.75 Å². The molecule has 0 fully saturated rings. The molecule has 2 rings (SSSR count). The first-order chi connectivity index (χ1) is 13.8. The number of benzene rings is 1. The molecule has 0 N–H and O–H groups in total. The lowest BCUT2D eigenvalue weighted by Crippen LogP contribution is -2.50. The van der Waals surface area contributed by atoms with Crippen molar-refractivity contribution in [2.24, 2.45) is 5.41 Å². The van der Waals surface area contributed by atoms with Crippen LogP contribution in [0.5, 0.6) is 5.75 Å². The molecule has 0 saturated heterocycles. The van der Waals surface area contributed by atoms with Crippen LogP contribution in [0.3, 0.4) is 0 Å². The Balaban J connectivity index is 2.21. The van der Waals surface area contributed by atoms with Gasteiger partial charge in [0.05, 0.1) is 12.7 Å². The van der Waals surface area contributed by atoms with E-state index in [-0.39, 0.29) is 11.5 Å². The zero-order chi connectivity index (χ0) is 22.7. The Labute approximate surface area is 178 Å². The Hall–Kier alpha value is -2.39. The standard InChI is InChI=1S/C21H30O8Si/c1-14(22)27-30(28-15(2)23,29-16(3)24)11-10-17-8-9-19-18(12-17)13-25-21(7,26-19)20(4,5)6/h8-9,12H,10-11,13H2,1-7H3. The highest BCUT2D eigenvalue weighted by Gasteiger charge is 2.51. The van der Waals surface area contributed by atoms with Crippen molar-refractivity contribution >= 4 is 26.7 Å². The van der Waals surface area contributed by atoms with Gasteiger partial charge in [-0.15, -0.1) is 0 Å². The van der Waals surface area contributed by atoms with Crippen LogP contribution in [0.2, 0.25) is 6.04 Å². The van der Waals surface area contributed by atoms with E-state index in [1.54, 1.807) is 0 Å². The summed E-state index contributed by atoms with van der Waals surface area (Å²) in [7, 11) is -3.86. The average molecular weight is 439 g/mol. The summed E-state index contributed by atoms with van der Waals surface area (Å²) in [5.74, 6) is -2.05. The van der Waals surface area contributed by atoms with Gasteiger partial charge >= 0.3 is 8.80 Å². The first-order valence-corrected chi connectivity index (χ1v) is 11.7. The molecule has 1 aliphatic rings. The molecule has 0 spiro atoms. The molecule has 1 aliphatic heterocycles. The number of ether oxygens (including phenoxy) is 2. The van der Waals surface area contributed by atoms with Crippen LogP contribution in [-0.4, -0.2) is 32.5 Å². The number of rotatable bonds is 6. The topological polar surface area (TPSA) is 97.4 Å². The molecular formula is C21H30O8Si. The third-order valence-corrected chi connectivity index (χ3v) is 7.57. The van der Waals surface area contributed by atoms with Crippen molar-refractivity contribution in [3.8, 4) is 5.75 Å². The van der Waals surface area contributed by atoms with Crippen LogP contribution in [0.4, 0.5) is 0 Å². The second kappa shape index (κ2) is 8.77. The van der Waals surface area contributed by atoms with E-state index in [4.69, 9.17) is 22.8 Å². The maximum absolute atomic E-state index is 11.6. The summed E-state index contributed by atoms with van der Waals surface area (Å²) in [6.07, 6.45) is 0.365. The molecule has 0 aromatic heterocycles. The number of fused-ring (bicyclic) bond motifs is 1. The number of carbonyl (C=O) groups is 3. The molecule has 1 atom stereocenters. The van der Waals surface area contributed by atoms with E-state index in [0.29, 0.717) is 13.0 Å². The minimum atomic E-state index is -3.86. The molecule has 1 aromatic carbocycles. The van der Waals surface area contributed by atoms with Gasteiger partial charge in [-0.25, -0.2) is 0 Å². The van der Waals surface area contributed by atoms with E-state index in [0.717, 1.165) is 16.9 Å². The molecule has 8 nitrogen and oxygen atoms in total. The van der Waals surface area contributed by atoms with Gasteiger partial charge in [-0.2, -0.15) is 0 Å². The smallest absolute Gasteiger partial charge is 0.462 e. The highest BCUT2D eigenvalue weighted by Crippen LogP contribution is 2.41. The molecule has 0 amide bonds. The minimum absolute atomic E-state index is 0.0753. The van der Waals surface area contributed by atoms with Gasteiger partial charge in [-0.05, 0) is 24.1 Å². The van der Waals surface area contributed by atoms with E-state index in [9.17, 15) is 14.4 Å². The van der Waals surface area contributed by atoms with Crippen LogP contribution in [0, 0.1) is 5.41 Å². The predicted octanol–water partition coefficient (Wildman–Crippen LogP) is 3.53. The lowest BCUT2D eigenvalue weighted by atomic mass is 9.85. The number of aryl methyl sites for hydroxylation is 1. The second-order valence-corrected chi connectivity index (χ2v) is 11.0. The molecule has 0 aliphatic carbocycles. The van der Waals surface area contributed by atoms with Crippen molar-refractivity contribution < 1.29 is 37.1 Å². The Morgan fingerprint density at radius 2 is 1.57 bits per heavy atom. The van der Waals surface area contributed by atoms with Crippen LogP contribution in [-0.2, 0) is 45.4 Å². The summed E-state index contributed by atoms with van der Waals surface area (Å²) in [4.78, 5) is 34.7. The zero-order valence-corrected chi connectivity index (χ0v) is 19.6. The summed E-state index contributed by atoms with van der Waals surface area (Å²) in [6.45, 7) is 12.0. The summed E-state index contributed by atoms with van der Waals surface area (Å²) >= 11 is 0. The van der Waals surface area contributed by atoms with Crippen molar-refractivity contribution in [2.45, 2.75) is 73.3 Å². The molecular weight excluding hydrogens is 408 g/mol. The summed E-state index contributed by atoms with van der Waals surface area (Å²) in [5, 5.41) is 0. The minimum Gasteiger partial charge on any atom is -0.462 e. The highest BCUT2D eigenvalue weighted by atomic mass is 28.4. The Morgan fingerprint density at radius 3 is 2.03 bits per heavy atom. The number of hydrogen-bond donors (Lipinski definition) is 0. The van der Waals surface area contributed by atoms with Crippen molar-refractivity contribution in [3.63, 3.8) is 0 Å². The van der Waals surface area contributed by atoms with Gasteiger partial charge in [-0.1, -0.05) is 26.8 Å². The number of hydrogen-bond acceptors (Lipinski definition) is 8. The van der Waals surface area contributed by atoms with Gasteiger partial charge in [-0.3, -0.25) is 14.4 Å². The van der Waals surface area contributed by atoms with Gasteiger partial charge in [0.2, 0.25) is 5.79 Å².